The van der Waals surface area contributed by atoms with E-state index in [4.69, 9.17) is 16.0 Å². The SMILES string of the molecule is CCOC(=O)C(=O)Cl.CCOC(=O)c1nnc(C)o1.Cc1nn[nH]n1.Cc1nnc(C=O)o1. The van der Waals surface area contributed by atoms with Gasteiger partial charge in [0.05, 0.1) is 13.2 Å². The lowest BCUT2D eigenvalue weighted by Gasteiger charge is -1.93. The molecule has 0 aromatic carbocycles. The molecule has 0 radical (unpaired) electrons. The van der Waals surface area contributed by atoms with Crippen molar-refractivity contribution in [1.29, 1.82) is 0 Å². The zero-order valence-electron chi connectivity index (χ0n) is 18.3. The number of rotatable bonds is 5. The van der Waals surface area contributed by atoms with Crippen molar-refractivity contribution < 1.29 is 37.5 Å². The lowest BCUT2D eigenvalue weighted by molar-refractivity contribution is -0.149. The zero-order valence-corrected chi connectivity index (χ0v) is 19.0. The number of H-pyrrole nitrogens is 1. The largest absolute Gasteiger partial charge is 0.459 e. The Morgan fingerprint density at radius 2 is 1.55 bits per heavy atom. The van der Waals surface area contributed by atoms with Gasteiger partial charge in [0.1, 0.15) is 0 Å². The summed E-state index contributed by atoms with van der Waals surface area (Å²) in [5.41, 5.74) is 0. The van der Waals surface area contributed by atoms with Gasteiger partial charge in [0.2, 0.25) is 18.1 Å². The second kappa shape index (κ2) is 16.6. The monoisotopic (exact) mass is 488 g/mol. The summed E-state index contributed by atoms with van der Waals surface area (Å²) in [4.78, 5) is 40.5. The number of nitrogens with one attached hydrogen (secondary N) is 1. The summed E-state index contributed by atoms with van der Waals surface area (Å²) in [7, 11) is 0. The van der Waals surface area contributed by atoms with Crippen LogP contribution in [0.5, 0.6) is 0 Å². The maximum Gasteiger partial charge on any atom is 0.396 e. The van der Waals surface area contributed by atoms with Crippen molar-refractivity contribution in [2.24, 2.45) is 0 Å². The van der Waals surface area contributed by atoms with Crippen LogP contribution in [0.2, 0.25) is 0 Å². The molecule has 0 aliphatic carbocycles. The van der Waals surface area contributed by atoms with E-state index in [1.165, 1.54) is 0 Å². The molecule has 3 aromatic rings. The number of tetrazole rings is 1. The highest BCUT2D eigenvalue weighted by atomic mass is 35.5. The molecule has 180 valence electrons. The molecule has 0 atom stereocenters. The van der Waals surface area contributed by atoms with Gasteiger partial charge in [0.15, 0.2) is 5.82 Å². The van der Waals surface area contributed by atoms with E-state index in [0.29, 0.717) is 30.5 Å². The molecule has 1 N–H and O–H groups in total. The van der Waals surface area contributed by atoms with Crippen LogP contribution in [0.1, 0.15) is 52.8 Å². The molecular formula is C16H21ClN8O8. The first kappa shape index (κ1) is 28.9. The van der Waals surface area contributed by atoms with Crippen molar-refractivity contribution in [3.05, 3.63) is 29.4 Å². The minimum Gasteiger partial charge on any atom is -0.459 e. The van der Waals surface area contributed by atoms with Crippen molar-refractivity contribution in [2.75, 3.05) is 13.2 Å². The predicted octanol–water partition coefficient (Wildman–Crippen LogP) is 0.568. The zero-order chi connectivity index (χ0) is 25.2. The lowest BCUT2D eigenvalue weighted by Crippen LogP contribution is -2.10. The number of hydrogen-bond acceptors (Lipinski definition) is 15. The third-order valence-electron chi connectivity index (χ3n) is 2.51. The van der Waals surface area contributed by atoms with Crippen molar-refractivity contribution in [2.45, 2.75) is 34.6 Å². The van der Waals surface area contributed by atoms with Gasteiger partial charge < -0.3 is 18.3 Å². The summed E-state index contributed by atoms with van der Waals surface area (Å²) in [5.74, 6) is -0.190. The molecule has 3 heterocycles. The molecule has 0 amide bonds. The molecule has 16 nitrogen and oxygen atoms in total. The molecule has 0 saturated heterocycles. The Morgan fingerprint density at radius 1 is 0.939 bits per heavy atom. The van der Waals surface area contributed by atoms with Gasteiger partial charge >= 0.3 is 23.1 Å². The van der Waals surface area contributed by atoms with E-state index in [9.17, 15) is 19.2 Å². The maximum absolute atomic E-state index is 10.8. The van der Waals surface area contributed by atoms with Gasteiger partial charge in [-0.05, 0) is 32.4 Å². The van der Waals surface area contributed by atoms with Gasteiger partial charge in [-0.3, -0.25) is 9.59 Å². The number of aldehydes is 1. The summed E-state index contributed by atoms with van der Waals surface area (Å²) in [6, 6.07) is 0. The summed E-state index contributed by atoms with van der Waals surface area (Å²) >= 11 is 4.69. The summed E-state index contributed by atoms with van der Waals surface area (Å²) in [6.07, 6.45) is 0.514. The second-order valence-corrected chi connectivity index (χ2v) is 5.42. The number of nitrogens with zero attached hydrogens (tertiary/aromatic N) is 7. The van der Waals surface area contributed by atoms with E-state index in [1.54, 1.807) is 34.6 Å². The van der Waals surface area contributed by atoms with Crippen LogP contribution in [-0.4, -0.2) is 77.7 Å². The van der Waals surface area contributed by atoms with E-state index in [2.05, 4.69) is 54.9 Å². The van der Waals surface area contributed by atoms with Gasteiger partial charge in [0.25, 0.3) is 5.89 Å². The van der Waals surface area contributed by atoms with E-state index in [1.807, 2.05) is 0 Å². The topological polar surface area (TPSA) is 219 Å². The molecule has 33 heavy (non-hydrogen) atoms. The van der Waals surface area contributed by atoms with E-state index >= 15 is 0 Å². The smallest absolute Gasteiger partial charge is 0.396 e. The summed E-state index contributed by atoms with van der Waals surface area (Å²) in [5, 5.41) is 25.4. The molecule has 0 aliphatic rings. The second-order valence-electron chi connectivity index (χ2n) is 5.08. The Balaban J connectivity index is 0.000000423. The third kappa shape index (κ3) is 13.8. The third-order valence-corrected chi connectivity index (χ3v) is 2.66. The first-order valence-electron chi connectivity index (χ1n) is 8.93. The highest BCUT2D eigenvalue weighted by Gasteiger charge is 2.13. The first-order chi connectivity index (χ1) is 15.6. The molecule has 17 heteroatoms. The molecule has 0 unspecified atom stereocenters. The molecule has 0 bridgehead atoms. The van der Waals surface area contributed by atoms with Crippen LogP contribution >= 0.6 is 11.6 Å². The normalized spacial score (nSPS) is 9.03. The van der Waals surface area contributed by atoms with Crippen LogP contribution in [0, 0.1) is 20.8 Å². The number of hydrogen-bond donors (Lipinski definition) is 1. The summed E-state index contributed by atoms with van der Waals surface area (Å²) < 4.78 is 18.2. The van der Waals surface area contributed by atoms with Crippen LogP contribution in [0.15, 0.2) is 8.83 Å². The average molecular weight is 489 g/mol. The number of aromatic amines is 1. The molecule has 0 saturated carbocycles. The Labute approximate surface area is 191 Å². The Hall–Kier alpha value is -4.08. The molecule has 0 aliphatic heterocycles. The van der Waals surface area contributed by atoms with Gasteiger partial charge in [-0.15, -0.1) is 30.6 Å². The van der Waals surface area contributed by atoms with E-state index in [0.717, 1.165) is 0 Å². The fourth-order valence-electron chi connectivity index (χ4n) is 1.33. The van der Waals surface area contributed by atoms with Gasteiger partial charge in [-0.2, -0.15) is 5.21 Å². The minimum atomic E-state index is -1.08. The van der Waals surface area contributed by atoms with Crippen LogP contribution in [0.4, 0.5) is 0 Å². The minimum absolute atomic E-state index is 0.0301. The van der Waals surface area contributed by atoms with E-state index in [-0.39, 0.29) is 18.4 Å². The van der Waals surface area contributed by atoms with Crippen LogP contribution in [-0.2, 0) is 19.1 Å². The molecule has 0 fully saturated rings. The van der Waals surface area contributed by atoms with Crippen LogP contribution in [0.3, 0.4) is 0 Å². The fourth-order valence-corrected chi connectivity index (χ4v) is 1.39. The molecule has 3 rings (SSSR count). The lowest BCUT2D eigenvalue weighted by atomic mass is 10.7. The number of carbonyl (C=O) groups is 4. The Kier molecular flexibility index (Phi) is 14.5. The highest BCUT2D eigenvalue weighted by Crippen LogP contribution is 1.99. The number of halogens is 1. The maximum atomic E-state index is 10.8. The van der Waals surface area contributed by atoms with Crippen LogP contribution < -0.4 is 0 Å². The standard InChI is InChI=1S/C6H8N2O3.C4H5ClO3.C4H4N2O2.C2H4N4/c1-3-10-6(9)5-8-7-4(2)11-5;1-2-8-4(7)3(5)6;1-3-5-6-4(2-7)8-3;1-2-3-5-6-4-2/h3H2,1-2H3;2H2,1H3;2H,1H3;1H3,(H,3,4,5,6). The molecule has 3 aromatic heterocycles. The van der Waals surface area contributed by atoms with Crippen molar-refractivity contribution >= 4 is 35.1 Å². The number of carbonyl (C=O) groups excluding carboxylic acids is 4. The average Bonchev–Trinajstić information content (AvgIpc) is 3.52. The number of aryl methyl sites for hydroxylation is 3. The fraction of sp³-hybridized carbons (Fsp3) is 0.438. The molecular weight excluding hydrogens is 468 g/mol. The van der Waals surface area contributed by atoms with Crippen LogP contribution in [0.25, 0.3) is 0 Å². The highest BCUT2D eigenvalue weighted by molar-refractivity contribution is 6.80. The molecule has 0 spiro atoms. The Bertz CT molecular complexity index is 988. The van der Waals surface area contributed by atoms with E-state index < -0.39 is 17.2 Å². The predicted molar refractivity (Wildman–Crippen MR) is 106 cm³/mol. The van der Waals surface area contributed by atoms with Gasteiger partial charge in [-0.1, -0.05) is 5.21 Å². The quantitative estimate of drug-likeness (QED) is 0.224. The first-order valence-corrected chi connectivity index (χ1v) is 9.31. The number of ether oxygens (including phenoxy) is 2. The van der Waals surface area contributed by atoms with Gasteiger partial charge in [-0.25, -0.2) is 9.59 Å². The number of aromatic nitrogens is 8. The summed E-state index contributed by atoms with van der Waals surface area (Å²) in [6.45, 7) is 8.79. The van der Waals surface area contributed by atoms with Gasteiger partial charge in [0, 0.05) is 13.8 Å². The van der Waals surface area contributed by atoms with Crippen molar-refractivity contribution in [3.8, 4) is 0 Å². The Morgan fingerprint density at radius 3 is 1.82 bits per heavy atom. The number of esters is 2. The van der Waals surface area contributed by atoms with Crippen molar-refractivity contribution in [1.82, 2.24) is 41.0 Å². The van der Waals surface area contributed by atoms with Crippen molar-refractivity contribution in [3.63, 3.8) is 0 Å².